The molecule has 2 aromatic heterocycles. The van der Waals surface area contributed by atoms with Crippen LogP contribution in [0.4, 0.5) is 4.39 Å². The lowest BCUT2D eigenvalue weighted by Gasteiger charge is -2.33. The second-order valence-corrected chi connectivity index (χ2v) is 9.90. The van der Waals surface area contributed by atoms with Crippen molar-refractivity contribution >= 4 is 21.1 Å². The van der Waals surface area contributed by atoms with Crippen LogP contribution in [-0.4, -0.2) is 69.4 Å². The Morgan fingerprint density at radius 2 is 1.87 bits per heavy atom. The van der Waals surface area contributed by atoms with E-state index < -0.39 is 10.0 Å². The number of aryl methyl sites for hydroxylation is 1. The second-order valence-electron chi connectivity index (χ2n) is 8.02. The summed E-state index contributed by atoms with van der Waals surface area (Å²) in [5.74, 6) is 0.629. The summed E-state index contributed by atoms with van der Waals surface area (Å²) in [5, 5.41) is 0.124. The summed E-state index contributed by atoms with van der Waals surface area (Å²) in [4.78, 5) is 10.8. The van der Waals surface area contributed by atoms with Crippen molar-refractivity contribution in [3.05, 3.63) is 42.4 Å². The average Bonchev–Trinajstić information content (AvgIpc) is 3.30. The van der Waals surface area contributed by atoms with Crippen LogP contribution in [0.1, 0.15) is 25.6 Å². The number of hydrogen-bond donors (Lipinski definition) is 0. The van der Waals surface area contributed by atoms with Crippen molar-refractivity contribution < 1.29 is 12.8 Å². The first-order valence-electron chi connectivity index (χ1n) is 10.1. The molecule has 1 aliphatic heterocycles. The van der Waals surface area contributed by atoms with Crippen molar-refractivity contribution in [2.24, 2.45) is 7.05 Å². The predicted octanol–water partition coefficient (Wildman–Crippen LogP) is 2.04. The van der Waals surface area contributed by atoms with Crippen LogP contribution >= 0.6 is 0 Å². The van der Waals surface area contributed by atoms with Gasteiger partial charge in [-0.25, -0.2) is 22.8 Å². The van der Waals surface area contributed by atoms with Crippen LogP contribution in [-0.2, 0) is 23.6 Å². The first-order chi connectivity index (χ1) is 14.3. The maximum atomic E-state index is 13.3. The number of rotatable bonds is 6. The SMILES string of the molecule is CC(C)c1nc(S(=O)(=O)N2CCN(CCn3cnc4cc(F)ccc43)CC2)cn1C. The minimum atomic E-state index is -3.59. The number of halogens is 1. The van der Waals surface area contributed by atoms with Crippen molar-refractivity contribution in [3.63, 3.8) is 0 Å². The van der Waals surface area contributed by atoms with Gasteiger partial charge < -0.3 is 9.13 Å². The molecule has 1 saturated heterocycles. The largest absolute Gasteiger partial charge is 0.336 e. The molecule has 0 aliphatic carbocycles. The van der Waals surface area contributed by atoms with Gasteiger partial charge in [-0.3, -0.25) is 4.90 Å². The fraction of sp³-hybridized carbons (Fsp3) is 0.500. The number of piperazine rings is 1. The summed E-state index contributed by atoms with van der Waals surface area (Å²) in [5.41, 5.74) is 1.54. The number of nitrogens with zero attached hydrogens (tertiary/aromatic N) is 6. The summed E-state index contributed by atoms with van der Waals surface area (Å²) >= 11 is 0. The lowest BCUT2D eigenvalue weighted by Crippen LogP contribution is -2.49. The first kappa shape index (κ1) is 21.0. The fourth-order valence-electron chi connectivity index (χ4n) is 3.90. The number of fused-ring (bicyclic) bond motifs is 1. The van der Waals surface area contributed by atoms with E-state index in [9.17, 15) is 12.8 Å². The third kappa shape index (κ3) is 3.99. The van der Waals surface area contributed by atoms with Gasteiger partial charge in [-0.15, -0.1) is 0 Å². The van der Waals surface area contributed by atoms with E-state index in [1.54, 1.807) is 23.2 Å². The summed E-state index contributed by atoms with van der Waals surface area (Å²) in [6.07, 6.45) is 3.32. The molecule has 1 aromatic carbocycles. The highest BCUT2D eigenvalue weighted by Crippen LogP contribution is 2.21. The van der Waals surface area contributed by atoms with Crippen molar-refractivity contribution in [2.75, 3.05) is 32.7 Å². The molecule has 0 radical (unpaired) electrons. The van der Waals surface area contributed by atoms with Crippen LogP contribution in [0.3, 0.4) is 0 Å². The molecule has 0 spiro atoms. The molecule has 0 amide bonds. The molecule has 1 aliphatic rings. The highest BCUT2D eigenvalue weighted by atomic mass is 32.2. The molecule has 0 bridgehead atoms. The maximum absolute atomic E-state index is 13.3. The van der Waals surface area contributed by atoms with Crippen molar-refractivity contribution in [2.45, 2.75) is 31.3 Å². The lowest BCUT2D eigenvalue weighted by atomic mass is 10.2. The summed E-state index contributed by atoms with van der Waals surface area (Å²) in [7, 11) is -1.76. The molecule has 1 fully saturated rings. The standard InChI is InChI=1S/C20H27FN6O2S/c1-15(2)20-23-19(13-24(20)3)30(28,29)27-10-7-25(8-11-27)6-9-26-14-22-17-12-16(21)4-5-18(17)26/h4-5,12-15H,6-11H2,1-3H3. The quantitative estimate of drug-likeness (QED) is 0.594. The molecular formula is C20H27FN6O2S. The van der Waals surface area contributed by atoms with Crippen LogP contribution in [0, 0.1) is 5.82 Å². The Hall–Kier alpha value is -2.30. The Morgan fingerprint density at radius 3 is 2.53 bits per heavy atom. The maximum Gasteiger partial charge on any atom is 0.262 e. The van der Waals surface area contributed by atoms with E-state index in [4.69, 9.17) is 0 Å². The van der Waals surface area contributed by atoms with Crippen LogP contribution in [0.25, 0.3) is 11.0 Å². The zero-order valence-corrected chi connectivity index (χ0v) is 18.3. The molecule has 0 N–H and O–H groups in total. The predicted molar refractivity (Wildman–Crippen MR) is 112 cm³/mol. The molecular weight excluding hydrogens is 407 g/mol. The van der Waals surface area contributed by atoms with Gasteiger partial charge in [0.1, 0.15) is 11.6 Å². The Kier molecular flexibility index (Phi) is 5.65. The zero-order chi connectivity index (χ0) is 21.5. The molecule has 30 heavy (non-hydrogen) atoms. The smallest absolute Gasteiger partial charge is 0.262 e. The molecule has 0 saturated carbocycles. The Labute approximate surface area is 176 Å². The number of imidazole rings is 2. The van der Waals surface area contributed by atoms with Crippen LogP contribution in [0.15, 0.2) is 35.7 Å². The first-order valence-corrected chi connectivity index (χ1v) is 11.6. The second kappa shape index (κ2) is 8.09. The highest BCUT2D eigenvalue weighted by Gasteiger charge is 2.31. The van der Waals surface area contributed by atoms with Gasteiger partial charge in [-0.05, 0) is 12.1 Å². The summed E-state index contributed by atoms with van der Waals surface area (Å²) in [6, 6.07) is 4.60. The van der Waals surface area contributed by atoms with Crippen molar-refractivity contribution in [3.8, 4) is 0 Å². The van der Waals surface area contributed by atoms with Gasteiger partial charge in [0.15, 0.2) is 5.03 Å². The van der Waals surface area contributed by atoms with Crippen LogP contribution in [0.5, 0.6) is 0 Å². The zero-order valence-electron chi connectivity index (χ0n) is 17.5. The van der Waals surface area contributed by atoms with Crippen molar-refractivity contribution in [1.29, 1.82) is 0 Å². The summed E-state index contributed by atoms with van der Waals surface area (Å²) < 4.78 is 44.6. The molecule has 0 atom stereocenters. The van der Waals surface area contributed by atoms with E-state index in [0.717, 1.165) is 17.9 Å². The topological polar surface area (TPSA) is 76.3 Å². The molecule has 3 aromatic rings. The number of hydrogen-bond acceptors (Lipinski definition) is 5. The molecule has 8 nitrogen and oxygen atoms in total. The number of aromatic nitrogens is 4. The van der Waals surface area contributed by atoms with E-state index in [-0.39, 0.29) is 16.8 Å². The van der Waals surface area contributed by atoms with Gasteiger partial charge in [-0.1, -0.05) is 13.8 Å². The van der Waals surface area contributed by atoms with Gasteiger partial charge in [-0.2, -0.15) is 4.31 Å². The van der Waals surface area contributed by atoms with Gasteiger partial charge in [0.2, 0.25) is 0 Å². The van der Waals surface area contributed by atoms with Crippen LogP contribution < -0.4 is 0 Å². The third-order valence-electron chi connectivity index (χ3n) is 5.58. The van der Waals surface area contributed by atoms with Gasteiger partial charge >= 0.3 is 0 Å². The van der Waals surface area contributed by atoms with E-state index in [1.807, 2.05) is 25.5 Å². The Bertz CT molecular complexity index is 1150. The van der Waals surface area contributed by atoms with Gasteiger partial charge in [0, 0.05) is 64.5 Å². The van der Waals surface area contributed by atoms with E-state index in [1.165, 1.54) is 16.4 Å². The number of benzene rings is 1. The Morgan fingerprint density at radius 1 is 1.13 bits per heavy atom. The monoisotopic (exact) mass is 434 g/mol. The number of sulfonamides is 1. The van der Waals surface area contributed by atoms with E-state index in [0.29, 0.717) is 38.2 Å². The van der Waals surface area contributed by atoms with Crippen LogP contribution in [0.2, 0.25) is 0 Å². The molecule has 0 unspecified atom stereocenters. The highest BCUT2D eigenvalue weighted by molar-refractivity contribution is 7.89. The third-order valence-corrected chi connectivity index (χ3v) is 7.35. The van der Waals surface area contributed by atoms with E-state index >= 15 is 0 Å². The summed E-state index contributed by atoms with van der Waals surface area (Å²) in [6.45, 7) is 7.67. The average molecular weight is 435 g/mol. The van der Waals surface area contributed by atoms with Gasteiger partial charge in [0.25, 0.3) is 10.0 Å². The van der Waals surface area contributed by atoms with E-state index in [2.05, 4.69) is 14.9 Å². The molecule has 3 heterocycles. The molecule has 4 rings (SSSR count). The van der Waals surface area contributed by atoms with Gasteiger partial charge in [0.05, 0.1) is 17.4 Å². The normalized spacial score (nSPS) is 16.7. The minimum absolute atomic E-state index is 0.124. The van der Waals surface area contributed by atoms with Crippen molar-refractivity contribution in [1.82, 2.24) is 28.3 Å². The lowest BCUT2D eigenvalue weighted by molar-refractivity contribution is 0.183. The Balaban J connectivity index is 1.37. The molecule has 162 valence electrons. The minimum Gasteiger partial charge on any atom is -0.336 e. The fourth-order valence-corrected chi connectivity index (χ4v) is 5.31. The molecule has 10 heteroatoms.